The second-order valence-corrected chi connectivity index (χ2v) is 8.12. The van der Waals surface area contributed by atoms with Gasteiger partial charge < -0.3 is 5.32 Å². The Balaban J connectivity index is 1.26. The number of carbonyl (C=O) groups excluding carboxylic acids is 1. The van der Waals surface area contributed by atoms with Gasteiger partial charge in [-0.15, -0.1) is 11.3 Å². The summed E-state index contributed by atoms with van der Waals surface area (Å²) in [5.41, 5.74) is 4.38. The molecule has 1 N–H and O–H groups in total. The Morgan fingerprint density at radius 1 is 1.00 bits per heavy atom. The second-order valence-electron chi connectivity index (χ2n) is 7.26. The molecule has 0 aliphatic carbocycles. The van der Waals surface area contributed by atoms with E-state index in [1.807, 2.05) is 35.7 Å². The summed E-state index contributed by atoms with van der Waals surface area (Å²) in [6.45, 7) is 4.00. The average Bonchev–Trinajstić information content (AvgIpc) is 3.40. The van der Waals surface area contributed by atoms with Gasteiger partial charge in [-0.3, -0.25) is 9.69 Å². The zero-order valence-electron chi connectivity index (χ0n) is 15.9. The second kappa shape index (κ2) is 9.13. The van der Waals surface area contributed by atoms with E-state index in [1.165, 1.54) is 31.5 Å². The van der Waals surface area contributed by atoms with Crippen LogP contribution in [0.1, 0.15) is 29.7 Å². The molecule has 0 radical (unpaired) electrons. The van der Waals surface area contributed by atoms with Crippen molar-refractivity contribution in [2.45, 2.75) is 32.4 Å². The monoisotopic (exact) mass is 391 g/mol. The highest BCUT2D eigenvalue weighted by Crippen LogP contribution is 2.23. The highest BCUT2D eigenvalue weighted by Gasteiger charge is 2.12. The smallest absolute Gasteiger partial charge is 0.226 e. The van der Waals surface area contributed by atoms with Crippen LogP contribution in [0.25, 0.3) is 10.6 Å². The van der Waals surface area contributed by atoms with Crippen molar-refractivity contribution in [1.29, 1.82) is 0 Å². The van der Waals surface area contributed by atoms with Crippen LogP contribution in [-0.2, 0) is 24.3 Å². The Morgan fingerprint density at radius 2 is 1.71 bits per heavy atom. The topological polar surface area (TPSA) is 45.2 Å². The molecule has 0 spiro atoms. The lowest BCUT2D eigenvalue weighted by Gasteiger charge is -2.14. The fourth-order valence-electron chi connectivity index (χ4n) is 3.49. The highest BCUT2D eigenvalue weighted by molar-refractivity contribution is 7.13. The van der Waals surface area contributed by atoms with Crippen LogP contribution in [0.2, 0.25) is 0 Å². The van der Waals surface area contributed by atoms with Crippen LogP contribution in [0.4, 0.5) is 0 Å². The lowest BCUT2D eigenvalue weighted by Crippen LogP contribution is -2.24. The van der Waals surface area contributed by atoms with Crippen LogP contribution in [-0.4, -0.2) is 28.9 Å². The number of nitrogens with one attached hydrogen (secondary N) is 1. The number of carbonyl (C=O) groups is 1. The summed E-state index contributed by atoms with van der Waals surface area (Å²) >= 11 is 1.58. The van der Waals surface area contributed by atoms with Crippen molar-refractivity contribution in [3.8, 4) is 10.6 Å². The van der Waals surface area contributed by atoms with Gasteiger partial charge in [-0.05, 0) is 37.1 Å². The molecule has 1 aromatic heterocycles. The molecule has 0 bridgehead atoms. The number of benzene rings is 2. The van der Waals surface area contributed by atoms with E-state index in [0.29, 0.717) is 13.0 Å². The first-order chi connectivity index (χ1) is 13.8. The molecule has 28 heavy (non-hydrogen) atoms. The number of amides is 1. The molecule has 5 heteroatoms. The summed E-state index contributed by atoms with van der Waals surface area (Å²) in [6, 6.07) is 18.6. The van der Waals surface area contributed by atoms with Crippen LogP contribution >= 0.6 is 11.3 Å². The van der Waals surface area contributed by atoms with Crippen LogP contribution in [0, 0.1) is 0 Å². The molecule has 2 heterocycles. The molecule has 0 atom stereocenters. The molecule has 1 aliphatic heterocycles. The molecule has 4 nitrogen and oxygen atoms in total. The van der Waals surface area contributed by atoms with E-state index < -0.39 is 0 Å². The van der Waals surface area contributed by atoms with Gasteiger partial charge in [0.05, 0.1) is 12.1 Å². The maximum Gasteiger partial charge on any atom is 0.226 e. The summed E-state index contributed by atoms with van der Waals surface area (Å²) in [5.74, 6) is 0.00561. The van der Waals surface area contributed by atoms with Crippen molar-refractivity contribution in [2.24, 2.45) is 0 Å². The number of hydrogen-bond acceptors (Lipinski definition) is 4. The third kappa shape index (κ3) is 5.06. The molecule has 0 saturated carbocycles. The van der Waals surface area contributed by atoms with Gasteiger partial charge >= 0.3 is 0 Å². The fraction of sp³-hybridized carbons (Fsp3) is 0.304. The van der Waals surface area contributed by atoms with Gasteiger partial charge in [0.2, 0.25) is 5.91 Å². The van der Waals surface area contributed by atoms with E-state index in [2.05, 4.69) is 39.5 Å². The van der Waals surface area contributed by atoms with Crippen LogP contribution < -0.4 is 5.32 Å². The Labute approximate surface area is 170 Å². The molecule has 4 rings (SSSR count). The lowest BCUT2D eigenvalue weighted by atomic mass is 10.1. The van der Waals surface area contributed by atoms with E-state index in [-0.39, 0.29) is 5.91 Å². The first-order valence-corrected chi connectivity index (χ1v) is 10.7. The predicted octanol–water partition coefficient (Wildman–Crippen LogP) is 4.26. The fourth-order valence-corrected chi connectivity index (χ4v) is 4.32. The van der Waals surface area contributed by atoms with E-state index in [9.17, 15) is 4.79 Å². The summed E-state index contributed by atoms with van der Waals surface area (Å²) in [4.78, 5) is 19.4. The van der Waals surface area contributed by atoms with Crippen LogP contribution in [0.3, 0.4) is 0 Å². The van der Waals surface area contributed by atoms with Gasteiger partial charge in [0, 0.05) is 24.0 Å². The lowest BCUT2D eigenvalue weighted by molar-refractivity contribution is -0.120. The van der Waals surface area contributed by atoms with Gasteiger partial charge in [0.25, 0.3) is 0 Å². The zero-order chi connectivity index (χ0) is 19.2. The molecule has 0 unspecified atom stereocenters. The SMILES string of the molecule is O=C(Cc1csc(-c2ccccc2)n1)NCc1ccc(CN2CCCC2)cc1. The van der Waals surface area contributed by atoms with Crippen LogP contribution in [0.15, 0.2) is 60.0 Å². The number of thiazole rings is 1. The van der Waals surface area contributed by atoms with Gasteiger partial charge in [0.1, 0.15) is 5.01 Å². The minimum atomic E-state index is 0.00561. The van der Waals surface area contributed by atoms with Crippen molar-refractivity contribution in [2.75, 3.05) is 13.1 Å². The van der Waals surface area contributed by atoms with E-state index in [4.69, 9.17) is 0 Å². The largest absolute Gasteiger partial charge is 0.352 e. The number of hydrogen-bond donors (Lipinski definition) is 1. The van der Waals surface area contributed by atoms with Crippen LogP contribution in [0.5, 0.6) is 0 Å². The molecule has 144 valence electrons. The first kappa shape index (κ1) is 18.8. The summed E-state index contributed by atoms with van der Waals surface area (Å²) in [5, 5.41) is 5.93. The zero-order valence-corrected chi connectivity index (χ0v) is 16.8. The number of aromatic nitrogens is 1. The molecule has 1 amide bonds. The van der Waals surface area contributed by atoms with E-state index >= 15 is 0 Å². The quantitative estimate of drug-likeness (QED) is 0.654. The van der Waals surface area contributed by atoms with Crippen molar-refractivity contribution in [3.63, 3.8) is 0 Å². The summed E-state index contributed by atoms with van der Waals surface area (Å²) in [6.07, 6.45) is 2.95. The van der Waals surface area contributed by atoms with Gasteiger partial charge in [0.15, 0.2) is 0 Å². The molecule has 1 saturated heterocycles. The summed E-state index contributed by atoms with van der Waals surface area (Å²) < 4.78 is 0. The third-order valence-corrected chi connectivity index (χ3v) is 5.97. The minimum Gasteiger partial charge on any atom is -0.352 e. The Bertz CT molecular complexity index is 899. The number of nitrogens with zero attached hydrogens (tertiary/aromatic N) is 2. The Morgan fingerprint density at radius 3 is 2.46 bits per heavy atom. The summed E-state index contributed by atoms with van der Waals surface area (Å²) in [7, 11) is 0. The van der Waals surface area contributed by atoms with E-state index in [0.717, 1.165) is 28.4 Å². The van der Waals surface area contributed by atoms with Crippen molar-refractivity contribution in [3.05, 3.63) is 76.8 Å². The number of likely N-dealkylation sites (tertiary alicyclic amines) is 1. The molecular weight excluding hydrogens is 366 g/mol. The molecule has 1 fully saturated rings. The highest BCUT2D eigenvalue weighted by atomic mass is 32.1. The standard InChI is InChI=1S/C23H25N3OS/c27-22(14-21-17-28-23(25-21)20-6-2-1-3-7-20)24-15-18-8-10-19(11-9-18)16-26-12-4-5-13-26/h1-3,6-11,17H,4-5,12-16H2,(H,24,27). The normalized spacial score (nSPS) is 14.3. The predicted molar refractivity (Wildman–Crippen MR) is 114 cm³/mol. The van der Waals surface area contributed by atoms with Gasteiger partial charge in [-0.25, -0.2) is 4.98 Å². The minimum absolute atomic E-state index is 0.00561. The van der Waals surface area contributed by atoms with Crippen molar-refractivity contribution < 1.29 is 4.79 Å². The molecule has 2 aromatic carbocycles. The Kier molecular flexibility index (Phi) is 6.14. The first-order valence-electron chi connectivity index (χ1n) is 9.83. The van der Waals surface area contributed by atoms with Gasteiger partial charge in [-0.1, -0.05) is 54.6 Å². The van der Waals surface area contributed by atoms with E-state index in [1.54, 1.807) is 11.3 Å². The van der Waals surface area contributed by atoms with Crippen molar-refractivity contribution >= 4 is 17.2 Å². The molecule has 3 aromatic rings. The maximum atomic E-state index is 12.3. The van der Waals surface area contributed by atoms with Gasteiger partial charge in [-0.2, -0.15) is 0 Å². The molecule has 1 aliphatic rings. The maximum absolute atomic E-state index is 12.3. The molecular formula is C23H25N3OS. The average molecular weight is 392 g/mol. The van der Waals surface area contributed by atoms with Crippen molar-refractivity contribution in [1.82, 2.24) is 15.2 Å². The number of rotatable bonds is 7. The third-order valence-electron chi connectivity index (χ3n) is 5.03. The Hall–Kier alpha value is -2.50.